The Kier molecular flexibility index (Phi) is 11.6. The Morgan fingerprint density at radius 2 is 1.27 bits per heavy atom. The van der Waals surface area contributed by atoms with E-state index in [-0.39, 0.29) is 68.7 Å². The molecule has 0 aliphatic heterocycles. The van der Waals surface area contributed by atoms with Crippen molar-refractivity contribution in [2.24, 2.45) is 0 Å². The molecule has 2 N–H and O–H groups in total. The van der Waals surface area contributed by atoms with E-state index in [0.29, 0.717) is 0 Å². The molecule has 0 aromatic rings. The Morgan fingerprint density at radius 1 is 1.00 bits per heavy atom. The maximum Gasteiger partial charge on any atom is 1.00 e. The molecule has 7 nitrogen and oxygen atoms in total. The first kappa shape index (κ1) is 19.0. The minimum atomic E-state index is -5.79. The molecule has 0 saturated heterocycles. The minimum Gasteiger partial charge on any atom is -0.862 e. The van der Waals surface area contributed by atoms with Crippen molar-refractivity contribution < 1.29 is 84.3 Å². The summed E-state index contributed by atoms with van der Waals surface area (Å²) in [5.41, 5.74) is 0. The molecule has 0 aromatic carbocycles. The molecule has 11 heavy (non-hydrogen) atoms. The van der Waals surface area contributed by atoms with Gasteiger partial charge < -0.3 is 32.9 Å². The molecular weight excluding hydrogens is 234 g/mol. The van der Waals surface area contributed by atoms with E-state index in [0.717, 1.165) is 0 Å². The summed E-state index contributed by atoms with van der Waals surface area (Å²) in [7, 11) is -11.2. The Balaban J connectivity index is -0.000000320. The van der Waals surface area contributed by atoms with Crippen LogP contribution >= 0.6 is 0 Å². The first-order chi connectivity index (χ1) is 3.71. The van der Waals surface area contributed by atoms with Crippen LogP contribution in [-0.4, -0.2) is 45.0 Å². The van der Waals surface area contributed by atoms with Crippen molar-refractivity contribution in [2.45, 2.75) is 0 Å². The van der Waals surface area contributed by atoms with Gasteiger partial charge in [0, 0.05) is 17.4 Å². The standard InChI is InChI=1S/Al.K.H2O7Si2/c;;1-8(2,3)7-9(4,5)6/h;;1-2H/q;+1;-4. The monoisotopic (exact) mass is 236 g/mol. The van der Waals surface area contributed by atoms with Crippen LogP contribution in [0.1, 0.15) is 0 Å². The molecule has 0 bridgehead atoms. The van der Waals surface area contributed by atoms with Gasteiger partial charge in [0.25, 0.3) is 0 Å². The number of hydrogen-bond donors (Lipinski definition) is 2. The summed E-state index contributed by atoms with van der Waals surface area (Å²) in [6.45, 7) is 0. The molecule has 0 fully saturated rings. The van der Waals surface area contributed by atoms with Crippen LogP contribution in [0.25, 0.3) is 0 Å². The molecule has 0 spiro atoms. The van der Waals surface area contributed by atoms with Crippen molar-refractivity contribution in [2.75, 3.05) is 0 Å². The fourth-order valence-corrected chi connectivity index (χ4v) is 1.47. The van der Waals surface area contributed by atoms with Crippen molar-refractivity contribution in [3.63, 3.8) is 0 Å². The summed E-state index contributed by atoms with van der Waals surface area (Å²) in [4.78, 5) is 53.3. The van der Waals surface area contributed by atoms with Crippen molar-refractivity contribution in [1.82, 2.24) is 0 Å². The van der Waals surface area contributed by atoms with Gasteiger partial charge in [0.1, 0.15) is 0 Å². The first-order valence-electron chi connectivity index (χ1n) is 1.67. The average molecular weight is 236 g/mol. The van der Waals surface area contributed by atoms with E-state index in [1.54, 1.807) is 0 Å². The van der Waals surface area contributed by atoms with Crippen LogP contribution in [0.3, 0.4) is 0 Å². The molecule has 0 aliphatic rings. The summed E-state index contributed by atoms with van der Waals surface area (Å²) in [6.07, 6.45) is 0. The Labute approximate surface area is 118 Å². The van der Waals surface area contributed by atoms with Gasteiger partial charge in [-0.2, -0.15) is 0 Å². The van der Waals surface area contributed by atoms with Gasteiger partial charge in [0.05, 0.1) is 0 Å². The Morgan fingerprint density at radius 3 is 1.27 bits per heavy atom. The summed E-state index contributed by atoms with van der Waals surface area (Å²) in [5.74, 6) is 0. The summed E-state index contributed by atoms with van der Waals surface area (Å²) in [6, 6.07) is 0. The van der Waals surface area contributed by atoms with Gasteiger partial charge in [-0.15, -0.1) is 9.05 Å². The maximum absolute atomic E-state index is 9.58. The van der Waals surface area contributed by atoms with Crippen LogP contribution in [0.2, 0.25) is 0 Å². The topological polar surface area (TPSA) is 142 Å². The molecule has 11 heteroatoms. The van der Waals surface area contributed by atoms with E-state index < -0.39 is 18.1 Å². The van der Waals surface area contributed by atoms with Crippen molar-refractivity contribution in [1.29, 1.82) is 0 Å². The van der Waals surface area contributed by atoms with Crippen molar-refractivity contribution in [3.05, 3.63) is 0 Å². The Hall–Kier alpha value is 2.32. The van der Waals surface area contributed by atoms with Crippen LogP contribution in [0.4, 0.5) is 0 Å². The number of hydrogen-bond acceptors (Lipinski definition) is 7. The smallest absolute Gasteiger partial charge is 0.862 e. The maximum atomic E-state index is 9.58. The van der Waals surface area contributed by atoms with E-state index in [9.17, 15) is 19.2 Å². The van der Waals surface area contributed by atoms with Crippen LogP contribution in [0, 0.1) is 0 Å². The normalized spacial score (nSPS) is 11.5. The third-order valence-corrected chi connectivity index (χ3v) is 2.32. The van der Waals surface area contributed by atoms with Crippen LogP contribution in [-0.2, 0) is 4.12 Å². The third kappa shape index (κ3) is 19.0. The van der Waals surface area contributed by atoms with Gasteiger partial charge in [-0.1, -0.05) is 0 Å². The van der Waals surface area contributed by atoms with Crippen LogP contribution in [0.5, 0.6) is 0 Å². The van der Waals surface area contributed by atoms with E-state index in [2.05, 4.69) is 4.12 Å². The Bertz CT molecular complexity index is 81.6. The fraction of sp³-hybridized carbons (Fsp3) is 0. The molecule has 0 rings (SSSR count). The van der Waals surface area contributed by atoms with Crippen LogP contribution in [0.15, 0.2) is 0 Å². The second kappa shape index (κ2) is 6.73. The predicted molar refractivity (Wildman–Crippen MR) is 22.8 cm³/mol. The van der Waals surface area contributed by atoms with Gasteiger partial charge in [-0.05, 0) is 0 Å². The van der Waals surface area contributed by atoms with E-state index in [4.69, 9.17) is 9.59 Å². The predicted octanol–water partition coefficient (Wildman–Crippen LogP) is -10.1. The molecule has 0 saturated carbocycles. The van der Waals surface area contributed by atoms with Gasteiger partial charge in [0.15, 0.2) is 0 Å². The SMILES string of the molecule is [Al].[K+].[O-][Si]([O-])([O-])O[Si]([O-])(O)O. The second-order valence-corrected chi connectivity index (χ2v) is 4.06. The van der Waals surface area contributed by atoms with Gasteiger partial charge in [-0.25, -0.2) is 0 Å². The number of rotatable bonds is 2. The molecule has 0 aliphatic carbocycles. The van der Waals surface area contributed by atoms with Gasteiger partial charge >= 0.3 is 60.4 Å². The molecule has 0 heterocycles. The largest absolute Gasteiger partial charge is 1.00 e. The minimum absolute atomic E-state index is 0. The zero-order valence-electron chi connectivity index (χ0n) is 5.51. The quantitative estimate of drug-likeness (QED) is 0.453. The average Bonchev–Trinajstić information content (AvgIpc) is 1.14. The van der Waals surface area contributed by atoms with Crippen molar-refractivity contribution in [3.8, 4) is 0 Å². The molecular formula is H2AlKO7Si2-3. The molecule has 59 valence electrons. The summed E-state index contributed by atoms with van der Waals surface area (Å²) in [5, 5.41) is 0. The van der Waals surface area contributed by atoms with Gasteiger partial charge in [0.2, 0.25) is 0 Å². The van der Waals surface area contributed by atoms with E-state index in [1.165, 1.54) is 0 Å². The van der Waals surface area contributed by atoms with Crippen molar-refractivity contribution >= 4 is 35.5 Å². The molecule has 0 atom stereocenters. The van der Waals surface area contributed by atoms with Crippen LogP contribution < -0.4 is 70.6 Å². The molecule has 0 amide bonds. The second-order valence-electron chi connectivity index (χ2n) is 1.15. The summed E-state index contributed by atoms with van der Waals surface area (Å²) < 4.78 is 2.79. The van der Waals surface area contributed by atoms with Gasteiger partial charge in [-0.3, -0.25) is 0 Å². The third-order valence-electron chi connectivity index (χ3n) is 0.258. The zero-order valence-corrected chi connectivity index (χ0v) is 11.8. The molecule has 0 unspecified atom stereocenters. The van der Waals surface area contributed by atoms with E-state index in [1.807, 2.05) is 0 Å². The first-order valence-corrected chi connectivity index (χ1v) is 5.02. The fourth-order valence-electron chi connectivity index (χ4n) is 0.163. The molecule has 0 aromatic heterocycles. The summed E-state index contributed by atoms with van der Waals surface area (Å²) >= 11 is 0. The zero-order chi connectivity index (χ0) is 7.71. The molecule has 3 radical (unpaired) electrons. The van der Waals surface area contributed by atoms with E-state index >= 15 is 0 Å².